The minimum atomic E-state index is -0.685. The van der Waals surface area contributed by atoms with Gasteiger partial charge in [-0.15, -0.1) is 0 Å². The number of hydrogen-bond acceptors (Lipinski definition) is 5. The van der Waals surface area contributed by atoms with Gasteiger partial charge in [-0.1, -0.05) is 6.07 Å². The molecule has 2 rings (SSSR count). The minimum Gasteiger partial charge on any atom is -0.504 e. The first-order valence-corrected chi connectivity index (χ1v) is 6.04. The van der Waals surface area contributed by atoms with Crippen molar-refractivity contribution in [3.05, 3.63) is 57.9 Å². The molecule has 0 aromatic heterocycles. The van der Waals surface area contributed by atoms with Gasteiger partial charge in [0, 0.05) is 18.3 Å². The highest BCUT2D eigenvalue weighted by Crippen LogP contribution is 2.27. The molecule has 0 saturated carbocycles. The Labute approximate surface area is 119 Å². The highest BCUT2D eigenvalue weighted by molar-refractivity contribution is 5.52. The summed E-state index contributed by atoms with van der Waals surface area (Å²) >= 11 is 0. The van der Waals surface area contributed by atoms with E-state index in [1.807, 2.05) is 0 Å². The number of ether oxygens (including phenoxy) is 1. The summed E-state index contributed by atoms with van der Waals surface area (Å²) in [7, 11) is 1.43. The van der Waals surface area contributed by atoms with Crippen molar-refractivity contribution in [2.24, 2.45) is 0 Å². The van der Waals surface area contributed by atoms with E-state index in [-0.39, 0.29) is 11.4 Å². The van der Waals surface area contributed by atoms with Crippen LogP contribution < -0.4 is 10.1 Å². The molecule has 6 nitrogen and oxygen atoms in total. The molecule has 0 aliphatic rings. The maximum absolute atomic E-state index is 13.3. The molecule has 0 saturated heterocycles. The molecule has 0 amide bonds. The number of nitro groups is 1. The second-order valence-electron chi connectivity index (χ2n) is 4.31. The van der Waals surface area contributed by atoms with Gasteiger partial charge in [0.25, 0.3) is 5.69 Å². The van der Waals surface area contributed by atoms with Crippen LogP contribution in [0.2, 0.25) is 0 Å². The van der Waals surface area contributed by atoms with E-state index in [1.54, 1.807) is 12.1 Å². The summed E-state index contributed by atoms with van der Waals surface area (Å²) in [5.74, 6) is -0.350. The number of benzene rings is 2. The van der Waals surface area contributed by atoms with Crippen LogP contribution in [0, 0.1) is 15.9 Å². The molecule has 0 aliphatic carbocycles. The van der Waals surface area contributed by atoms with Crippen LogP contribution in [0.3, 0.4) is 0 Å². The molecule has 2 aromatic rings. The fourth-order valence-corrected chi connectivity index (χ4v) is 1.82. The van der Waals surface area contributed by atoms with Crippen molar-refractivity contribution in [3.8, 4) is 11.5 Å². The number of halogens is 1. The van der Waals surface area contributed by atoms with Gasteiger partial charge in [-0.25, -0.2) is 4.39 Å². The molecule has 2 aromatic carbocycles. The Morgan fingerprint density at radius 1 is 1.33 bits per heavy atom. The van der Waals surface area contributed by atoms with Crippen LogP contribution in [0.4, 0.5) is 15.8 Å². The van der Waals surface area contributed by atoms with Gasteiger partial charge < -0.3 is 15.2 Å². The predicted molar refractivity (Wildman–Crippen MR) is 75.0 cm³/mol. The van der Waals surface area contributed by atoms with E-state index in [9.17, 15) is 19.6 Å². The molecule has 0 radical (unpaired) electrons. The van der Waals surface area contributed by atoms with Crippen LogP contribution in [0.5, 0.6) is 11.5 Å². The molecule has 110 valence electrons. The lowest BCUT2D eigenvalue weighted by Gasteiger charge is -2.09. The SMILES string of the molecule is COc1cc(CNc2cc(F)cc([N+](=O)[O-])c2)ccc1O. The van der Waals surface area contributed by atoms with Crippen molar-refractivity contribution in [2.45, 2.75) is 6.54 Å². The van der Waals surface area contributed by atoms with Crippen molar-refractivity contribution < 1.29 is 19.2 Å². The van der Waals surface area contributed by atoms with E-state index in [0.29, 0.717) is 18.0 Å². The maximum Gasteiger partial charge on any atom is 0.274 e. The van der Waals surface area contributed by atoms with Crippen molar-refractivity contribution in [1.29, 1.82) is 0 Å². The molecule has 2 N–H and O–H groups in total. The fourth-order valence-electron chi connectivity index (χ4n) is 1.82. The van der Waals surface area contributed by atoms with Gasteiger partial charge in [0.1, 0.15) is 5.82 Å². The number of phenols is 1. The van der Waals surface area contributed by atoms with E-state index >= 15 is 0 Å². The zero-order valence-corrected chi connectivity index (χ0v) is 11.2. The highest BCUT2D eigenvalue weighted by Gasteiger charge is 2.10. The summed E-state index contributed by atoms with van der Waals surface area (Å²) in [6.07, 6.45) is 0. The predicted octanol–water partition coefficient (Wildman–Crippen LogP) is 3.06. The minimum absolute atomic E-state index is 0.0163. The standard InChI is InChI=1S/C14H13FN2O4/c1-21-14-4-9(2-3-13(14)18)8-16-11-5-10(15)6-12(7-11)17(19)20/h2-7,16,18H,8H2,1H3. The van der Waals surface area contributed by atoms with Crippen molar-refractivity contribution in [2.75, 3.05) is 12.4 Å². The lowest BCUT2D eigenvalue weighted by atomic mass is 10.2. The average molecular weight is 292 g/mol. The summed E-state index contributed by atoms with van der Waals surface area (Å²) in [5.41, 5.74) is 0.756. The van der Waals surface area contributed by atoms with E-state index in [4.69, 9.17) is 4.74 Å². The van der Waals surface area contributed by atoms with Gasteiger partial charge in [0.2, 0.25) is 0 Å². The van der Waals surface area contributed by atoms with E-state index < -0.39 is 10.7 Å². The molecule has 0 spiro atoms. The quantitative estimate of drug-likeness (QED) is 0.653. The number of nitrogens with zero attached hydrogens (tertiary/aromatic N) is 1. The molecule has 21 heavy (non-hydrogen) atoms. The smallest absolute Gasteiger partial charge is 0.274 e. The van der Waals surface area contributed by atoms with Crippen LogP contribution in [-0.4, -0.2) is 17.1 Å². The molecule has 0 atom stereocenters. The molecule has 0 aliphatic heterocycles. The molecular formula is C14H13FN2O4. The Kier molecular flexibility index (Phi) is 4.22. The number of non-ortho nitro benzene ring substituents is 1. The number of anilines is 1. The van der Waals surface area contributed by atoms with Crippen molar-refractivity contribution in [1.82, 2.24) is 0 Å². The number of methoxy groups -OCH3 is 1. The van der Waals surface area contributed by atoms with Crippen LogP contribution in [-0.2, 0) is 6.54 Å². The van der Waals surface area contributed by atoms with Crippen LogP contribution >= 0.6 is 0 Å². The Balaban J connectivity index is 2.14. The zero-order chi connectivity index (χ0) is 15.4. The average Bonchev–Trinajstić information content (AvgIpc) is 2.45. The van der Waals surface area contributed by atoms with E-state index in [2.05, 4.69) is 5.32 Å². The largest absolute Gasteiger partial charge is 0.504 e. The topological polar surface area (TPSA) is 84.6 Å². The third-order valence-electron chi connectivity index (χ3n) is 2.83. The zero-order valence-electron chi connectivity index (χ0n) is 11.2. The molecule has 0 heterocycles. The third-order valence-corrected chi connectivity index (χ3v) is 2.83. The molecule has 7 heteroatoms. The third kappa shape index (κ3) is 3.59. The van der Waals surface area contributed by atoms with Crippen molar-refractivity contribution >= 4 is 11.4 Å². The monoisotopic (exact) mass is 292 g/mol. The van der Waals surface area contributed by atoms with E-state index in [0.717, 1.165) is 11.6 Å². The second kappa shape index (κ2) is 6.08. The summed E-state index contributed by atoms with van der Waals surface area (Å²) in [5, 5.41) is 23.0. The Morgan fingerprint density at radius 3 is 2.76 bits per heavy atom. The van der Waals surface area contributed by atoms with Gasteiger partial charge >= 0.3 is 0 Å². The molecule has 0 fully saturated rings. The summed E-state index contributed by atoms with van der Waals surface area (Å²) < 4.78 is 18.3. The number of nitrogens with one attached hydrogen (secondary N) is 1. The number of phenolic OH excluding ortho intramolecular Hbond substituents is 1. The van der Waals surface area contributed by atoms with Gasteiger partial charge in [-0.3, -0.25) is 10.1 Å². The van der Waals surface area contributed by atoms with Crippen LogP contribution in [0.1, 0.15) is 5.56 Å². The van der Waals surface area contributed by atoms with Gasteiger partial charge in [-0.2, -0.15) is 0 Å². The number of hydrogen-bond donors (Lipinski definition) is 2. The fraction of sp³-hybridized carbons (Fsp3) is 0.143. The molecule has 0 unspecified atom stereocenters. The van der Waals surface area contributed by atoms with Crippen LogP contribution in [0.25, 0.3) is 0 Å². The van der Waals surface area contributed by atoms with E-state index in [1.165, 1.54) is 25.3 Å². The summed E-state index contributed by atoms with van der Waals surface area (Å²) in [6.45, 7) is 0.303. The molecular weight excluding hydrogens is 279 g/mol. The Hall–Kier alpha value is -2.83. The van der Waals surface area contributed by atoms with Gasteiger partial charge in [0.15, 0.2) is 11.5 Å². The normalized spacial score (nSPS) is 10.2. The maximum atomic E-state index is 13.3. The lowest BCUT2D eigenvalue weighted by Crippen LogP contribution is -2.01. The first-order valence-electron chi connectivity index (χ1n) is 6.04. The van der Waals surface area contributed by atoms with Crippen LogP contribution in [0.15, 0.2) is 36.4 Å². The summed E-state index contributed by atoms with van der Waals surface area (Å²) in [4.78, 5) is 10.0. The highest BCUT2D eigenvalue weighted by atomic mass is 19.1. The number of nitro benzene ring substituents is 1. The van der Waals surface area contributed by atoms with Gasteiger partial charge in [0.05, 0.1) is 18.1 Å². The number of aromatic hydroxyl groups is 1. The first kappa shape index (κ1) is 14.6. The number of rotatable bonds is 5. The molecule has 0 bridgehead atoms. The first-order chi connectivity index (χ1) is 9.99. The lowest BCUT2D eigenvalue weighted by molar-refractivity contribution is -0.385. The second-order valence-corrected chi connectivity index (χ2v) is 4.31. The van der Waals surface area contributed by atoms with Crippen molar-refractivity contribution in [3.63, 3.8) is 0 Å². The van der Waals surface area contributed by atoms with Gasteiger partial charge in [-0.05, 0) is 23.8 Å². The summed E-state index contributed by atoms with van der Waals surface area (Å²) in [6, 6.07) is 8.04. The Bertz CT molecular complexity index is 676. The Morgan fingerprint density at radius 2 is 2.10 bits per heavy atom.